The van der Waals surface area contributed by atoms with Crippen LogP contribution in [0.5, 0.6) is 0 Å². The Kier molecular flexibility index (Phi) is 9.95. The lowest BCUT2D eigenvalue weighted by molar-refractivity contribution is -0.141. The Hall–Kier alpha value is -3.08. The van der Waals surface area contributed by atoms with Crippen molar-refractivity contribution in [2.24, 2.45) is 5.92 Å². The maximum absolute atomic E-state index is 13.6. The molecule has 0 saturated heterocycles. The number of rotatable bonds is 13. The second kappa shape index (κ2) is 13.1. The number of unbranched alkanes of at least 4 members (excludes halogenated alkanes) is 2. The molecule has 0 atom stereocenters. The topological polar surface area (TPSA) is 56.4 Å². The minimum atomic E-state index is 0.00917. The Balaban J connectivity index is 1.75. The summed E-state index contributed by atoms with van der Waals surface area (Å²) in [6, 6.07) is 16.6. The van der Waals surface area contributed by atoms with E-state index in [1.165, 1.54) is 16.5 Å². The number of aromatic nitrogens is 1. The Labute approximate surface area is 210 Å². The summed E-state index contributed by atoms with van der Waals surface area (Å²) in [6.07, 6.45) is 6.32. The highest BCUT2D eigenvalue weighted by Crippen LogP contribution is 2.19. The smallest absolute Gasteiger partial charge is 0.242 e. The first-order chi connectivity index (χ1) is 16.9. The number of carbonyl (C=O) groups excluding carboxylic acids is 2. The average molecular weight is 476 g/mol. The van der Waals surface area contributed by atoms with Crippen LogP contribution in [0.4, 0.5) is 0 Å². The van der Waals surface area contributed by atoms with Crippen molar-refractivity contribution >= 4 is 22.7 Å². The molecule has 3 aromatic rings. The molecule has 0 fully saturated rings. The molecule has 0 aliphatic carbocycles. The van der Waals surface area contributed by atoms with Gasteiger partial charge in [-0.1, -0.05) is 81.6 Å². The Morgan fingerprint density at radius 3 is 2.40 bits per heavy atom. The molecule has 5 heteroatoms. The molecular weight excluding hydrogens is 434 g/mol. The van der Waals surface area contributed by atoms with Gasteiger partial charge < -0.3 is 14.8 Å². The number of aryl methyl sites for hydroxylation is 1. The number of para-hydroxylation sites is 1. The zero-order valence-electron chi connectivity index (χ0n) is 21.8. The van der Waals surface area contributed by atoms with Crippen LogP contribution in [0.25, 0.3) is 10.9 Å². The SMILES string of the molecule is CCCCCC(=O)N(CC(=O)N(CCc1c[nH]c2ccccc12)Cc1ccc(C)cc1)CC(C)C. The van der Waals surface area contributed by atoms with E-state index in [1.54, 1.807) is 4.90 Å². The summed E-state index contributed by atoms with van der Waals surface area (Å²) in [4.78, 5) is 33.6. The van der Waals surface area contributed by atoms with Crippen molar-refractivity contribution < 1.29 is 9.59 Å². The van der Waals surface area contributed by atoms with E-state index < -0.39 is 0 Å². The molecule has 0 spiro atoms. The summed E-state index contributed by atoms with van der Waals surface area (Å²) >= 11 is 0. The second-order valence-corrected chi connectivity index (χ2v) is 10.0. The van der Waals surface area contributed by atoms with Crippen molar-refractivity contribution in [3.63, 3.8) is 0 Å². The number of nitrogens with one attached hydrogen (secondary N) is 1. The molecule has 188 valence electrons. The van der Waals surface area contributed by atoms with E-state index in [1.807, 2.05) is 23.2 Å². The van der Waals surface area contributed by atoms with Crippen molar-refractivity contribution in [1.29, 1.82) is 0 Å². The summed E-state index contributed by atoms with van der Waals surface area (Å²) in [5, 5.41) is 1.20. The Bertz CT molecular complexity index is 1080. The molecule has 0 aliphatic rings. The van der Waals surface area contributed by atoms with Crippen molar-refractivity contribution in [3.05, 3.63) is 71.4 Å². The van der Waals surface area contributed by atoms with Crippen LogP contribution in [-0.2, 0) is 22.6 Å². The third-order valence-electron chi connectivity index (χ3n) is 6.43. The van der Waals surface area contributed by atoms with E-state index in [2.05, 4.69) is 69.1 Å². The highest BCUT2D eigenvalue weighted by molar-refractivity contribution is 5.85. The normalized spacial score (nSPS) is 11.2. The first-order valence-corrected chi connectivity index (χ1v) is 13.0. The lowest BCUT2D eigenvalue weighted by Crippen LogP contribution is -2.44. The van der Waals surface area contributed by atoms with Crippen LogP contribution in [0.15, 0.2) is 54.7 Å². The predicted octanol–water partition coefficient (Wildman–Crippen LogP) is 6.11. The van der Waals surface area contributed by atoms with Crippen LogP contribution in [-0.4, -0.2) is 46.2 Å². The van der Waals surface area contributed by atoms with E-state index in [-0.39, 0.29) is 18.4 Å². The fourth-order valence-electron chi connectivity index (χ4n) is 4.44. The molecule has 0 aliphatic heterocycles. The number of fused-ring (bicyclic) bond motifs is 1. The highest BCUT2D eigenvalue weighted by Gasteiger charge is 2.22. The van der Waals surface area contributed by atoms with Gasteiger partial charge in [0.1, 0.15) is 0 Å². The van der Waals surface area contributed by atoms with Crippen molar-refractivity contribution in [3.8, 4) is 0 Å². The third kappa shape index (κ3) is 7.98. The zero-order valence-corrected chi connectivity index (χ0v) is 21.8. The molecule has 1 N–H and O–H groups in total. The van der Waals surface area contributed by atoms with Gasteiger partial charge in [0.15, 0.2) is 0 Å². The fraction of sp³-hybridized carbons (Fsp3) is 0.467. The molecule has 0 bridgehead atoms. The van der Waals surface area contributed by atoms with Gasteiger partial charge in [-0.05, 0) is 42.9 Å². The predicted molar refractivity (Wildman–Crippen MR) is 144 cm³/mol. The van der Waals surface area contributed by atoms with Gasteiger partial charge in [-0.3, -0.25) is 9.59 Å². The van der Waals surface area contributed by atoms with E-state index in [4.69, 9.17) is 0 Å². The summed E-state index contributed by atoms with van der Waals surface area (Å²) in [7, 11) is 0. The molecule has 0 unspecified atom stereocenters. The molecule has 2 aromatic carbocycles. The number of nitrogens with zero attached hydrogens (tertiary/aromatic N) is 2. The first kappa shape index (κ1) is 26.5. The monoisotopic (exact) mass is 475 g/mol. The zero-order chi connectivity index (χ0) is 25.2. The van der Waals surface area contributed by atoms with Gasteiger partial charge in [-0.25, -0.2) is 0 Å². The number of carbonyl (C=O) groups is 2. The Morgan fingerprint density at radius 2 is 1.69 bits per heavy atom. The van der Waals surface area contributed by atoms with Gasteiger partial charge in [-0.15, -0.1) is 0 Å². The van der Waals surface area contributed by atoms with Gasteiger partial charge >= 0.3 is 0 Å². The number of benzene rings is 2. The van der Waals surface area contributed by atoms with Crippen LogP contribution in [0.3, 0.4) is 0 Å². The van der Waals surface area contributed by atoms with Gasteiger partial charge in [0.25, 0.3) is 0 Å². The molecule has 5 nitrogen and oxygen atoms in total. The van der Waals surface area contributed by atoms with Gasteiger partial charge in [0.2, 0.25) is 11.8 Å². The molecular formula is C30H41N3O2. The highest BCUT2D eigenvalue weighted by atomic mass is 16.2. The standard InChI is InChI=1S/C30H41N3O2/c1-5-6-7-12-29(34)33(20-23(2)3)22-30(35)32(21-25-15-13-24(4)14-16-25)18-17-26-19-31-28-11-9-8-10-27(26)28/h8-11,13-16,19,23,31H,5-7,12,17-18,20-22H2,1-4H3. The average Bonchev–Trinajstić information content (AvgIpc) is 3.25. The third-order valence-corrected chi connectivity index (χ3v) is 6.43. The second-order valence-electron chi connectivity index (χ2n) is 10.0. The number of amides is 2. The van der Waals surface area contributed by atoms with E-state index in [9.17, 15) is 9.59 Å². The van der Waals surface area contributed by atoms with Crippen LogP contribution >= 0.6 is 0 Å². The molecule has 35 heavy (non-hydrogen) atoms. The Morgan fingerprint density at radius 1 is 0.943 bits per heavy atom. The largest absolute Gasteiger partial charge is 0.361 e. The fourth-order valence-corrected chi connectivity index (χ4v) is 4.44. The number of hydrogen-bond donors (Lipinski definition) is 1. The molecule has 2 amide bonds. The number of H-pyrrole nitrogens is 1. The minimum absolute atomic E-state index is 0.00917. The van der Waals surface area contributed by atoms with Crippen LogP contribution in [0.2, 0.25) is 0 Å². The van der Waals surface area contributed by atoms with E-state index in [0.29, 0.717) is 32.0 Å². The minimum Gasteiger partial charge on any atom is -0.361 e. The van der Waals surface area contributed by atoms with Crippen LogP contribution < -0.4 is 0 Å². The van der Waals surface area contributed by atoms with Crippen LogP contribution in [0.1, 0.15) is 63.1 Å². The molecule has 1 aromatic heterocycles. The van der Waals surface area contributed by atoms with Gasteiger partial charge in [-0.2, -0.15) is 0 Å². The molecule has 1 heterocycles. The van der Waals surface area contributed by atoms with Crippen molar-refractivity contribution in [2.75, 3.05) is 19.6 Å². The lowest BCUT2D eigenvalue weighted by atomic mass is 10.1. The maximum atomic E-state index is 13.6. The van der Waals surface area contributed by atoms with Gasteiger partial charge in [0, 0.05) is 43.2 Å². The molecule has 0 saturated carbocycles. The first-order valence-electron chi connectivity index (χ1n) is 13.0. The van der Waals surface area contributed by atoms with E-state index in [0.717, 1.165) is 36.8 Å². The van der Waals surface area contributed by atoms with E-state index >= 15 is 0 Å². The number of hydrogen-bond acceptors (Lipinski definition) is 2. The summed E-state index contributed by atoms with van der Waals surface area (Å²) in [5.41, 5.74) is 4.62. The van der Waals surface area contributed by atoms with Gasteiger partial charge in [0.05, 0.1) is 6.54 Å². The summed E-state index contributed by atoms with van der Waals surface area (Å²) < 4.78 is 0. The number of aromatic amines is 1. The molecule has 0 radical (unpaired) electrons. The quantitative estimate of drug-likeness (QED) is 0.303. The molecule has 3 rings (SSSR count). The maximum Gasteiger partial charge on any atom is 0.242 e. The van der Waals surface area contributed by atoms with Crippen molar-refractivity contribution in [1.82, 2.24) is 14.8 Å². The lowest BCUT2D eigenvalue weighted by Gasteiger charge is -2.29. The van der Waals surface area contributed by atoms with Crippen LogP contribution in [0, 0.1) is 12.8 Å². The summed E-state index contributed by atoms with van der Waals surface area (Å²) in [5.74, 6) is 0.414. The summed E-state index contributed by atoms with van der Waals surface area (Å²) in [6.45, 7) is 10.3. The van der Waals surface area contributed by atoms with Crippen molar-refractivity contribution in [2.45, 2.75) is 66.3 Å².